The van der Waals surface area contributed by atoms with Gasteiger partial charge in [-0.2, -0.15) is 18.3 Å². The van der Waals surface area contributed by atoms with Crippen molar-refractivity contribution in [2.24, 2.45) is 0 Å². The zero-order chi connectivity index (χ0) is 22.1. The second-order valence-corrected chi connectivity index (χ2v) is 6.77. The molecule has 3 rings (SSSR count). The number of anilines is 1. The molecule has 0 radical (unpaired) electrons. The lowest BCUT2D eigenvalue weighted by molar-refractivity contribution is -0.173. The molecule has 0 bridgehead atoms. The van der Waals surface area contributed by atoms with Crippen molar-refractivity contribution in [3.63, 3.8) is 0 Å². The number of hydrogen-bond donors (Lipinski definition) is 1. The van der Waals surface area contributed by atoms with Gasteiger partial charge in [0.15, 0.2) is 35.6 Å². The quantitative estimate of drug-likeness (QED) is 0.559. The number of halogens is 3. The number of nitrogens with one attached hydrogen (secondary N) is 1. The first-order chi connectivity index (χ1) is 14.1. The molecule has 2 atom stereocenters. The first-order valence-corrected chi connectivity index (χ1v) is 8.99. The number of carbonyl (C=O) groups is 2. The monoisotopic (exact) mass is 427 g/mol. The predicted molar refractivity (Wildman–Crippen MR) is 99.2 cm³/mol. The van der Waals surface area contributed by atoms with E-state index in [1.165, 1.54) is 38.5 Å². The molecule has 11 heteroatoms. The second kappa shape index (κ2) is 8.25. The van der Waals surface area contributed by atoms with Crippen molar-refractivity contribution in [1.29, 1.82) is 0 Å². The van der Waals surface area contributed by atoms with Crippen molar-refractivity contribution < 1.29 is 37.0 Å². The molecule has 0 saturated heterocycles. The van der Waals surface area contributed by atoms with Crippen LogP contribution >= 0.6 is 0 Å². The summed E-state index contributed by atoms with van der Waals surface area (Å²) in [5.74, 6) is -0.700. The van der Waals surface area contributed by atoms with E-state index < -0.39 is 36.6 Å². The largest absolute Gasteiger partial charge is 0.493 e. The molecule has 1 aromatic heterocycles. The number of carbonyl (C=O) groups excluding carboxylic acids is 2. The van der Waals surface area contributed by atoms with Gasteiger partial charge in [0.2, 0.25) is 0 Å². The lowest BCUT2D eigenvalue weighted by Crippen LogP contribution is -2.37. The van der Waals surface area contributed by atoms with E-state index in [-0.39, 0.29) is 23.5 Å². The third-order valence-corrected chi connectivity index (χ3v) is 4.63. The number of methoxy groups -OCH3 is 2. The van der Waals surface area contributed by atoms with E-state index in [1.54, 1.807) is 6.92 Å². The highest BCUT2D eigenvalue weighted by Crippen LogP contribution is 2.39. The molecule has 1 aliphatic rings. The average Bonchev–Trinajstić information content (AvgIpc) is 3.13. The maximum atomic E-state index is 13.3. The molecule has 2 heterocycles. The van der Waals surface area contributed by atoms with Crippen LogP contribution in [-0.4, -0.2) is 54.6 Å². The van der Waals surface area contributed by atoms with Crippen molar-refractivity contribution in [2.75, 3.05) is 26.1 Å². The lowest BCUT2D eigenvalue weighted by Gasteiger charge is -2.31. The smallest absolute Gasteiger partial charge is 0.410 e. The minimum absolute atomic E-state index is 0.0641. The van der Waals surface area contributed by atoms with Gasteiger partial charge < -0.3 is 19.5 Å². The van der Waals surface area contributed by atoms with Crippen molar-refractivity contribution in [2.45, 2.75) is 31.6 Å². The van der Waals surface area contributed by atoms with Crippen LogP contribution in [-0.2, 0) is 4.74 Å². The van der Waals surface area contributed by atoms with E-state index in [0.29, 0.717) is 11.5 Å². The van der Waals surface area contributed by atoms with Crippen LogP contribution in [0.4, 0.5) is 19.0 Å². The number of hydrogen-bond acceptors (Lipinski definition) is 7. The van der Waals surface area contributed by atoms with Crippen molar-refractivity contribution in [3.8, 4) is 11.5 Å². The van der Waals surface area contributed by atoms with Crippen LogP contribution in [0.15, 0.2) is 24.3 Å². The molecular formula is C19H20F3N3O5. The van der Waals surface area contributed by atoms with Gasteiger partial charge in [0, 0.05) is 17.7 Å². The Bertz CT molecular complexity index is 957. The van der Waals surface area contributed by atoms with Crippen LogP contribution in [0, 0.1) is 0 Å². The molecule has 0 spiro atoms. The number of nitrogens with zero attached hydrogens (tertiary/aromatic N) is 2. The molecule has 1 aliphatic heterocycles. The van der Waals surface area contributed by atoms with Gasteiger partial charge in [-0.05, 0) is 31.5 Å². The van der Waals surface area contributed by atoms with Gasteiger partial charge in [0.05, 0.1) is 14.2 Å². The van der Waals surface area contributed by atoms with Crippen LogP contribution in [0.5, 0.6) is 11.5 Å². The van der Waals surface area contributed by atoms with Gasteiger partial charge in [-0.3, -0.25) is 4.79 Å². The first kappa shape index (κ1) is 21.5. The second-order valence-electron chi connectivity index (χ2n) is 6.77. The summed E-state index contributed by atoms with van der Waals surface area (Å²) in [4.78, 5) is 24.6. The SMILES string of the molecule is COc1ccc(C(=O)COC(=O)c2cc3n(n2)C(C(F)(F)F)CC(C)N3)cc1OC. The standard InChI is InChI=1S/C19H20F3N3O5/c1-10-6-16(19(20,21)22)25-17(23-10)8-12(24-25)18(27)30-9-13(26)11-4-5-14(28-2)15(7-11)29-3/h4-5,7-8,10,16,23H,6,9H2,1-3H3. The predicted octanol–water partition coefficient (Wildman–Crippen LogP) is 3.25. The lowest BCUT2D eigenvalue weighted by atomic mass is 10.1. The van der Waals surface area contributed by atoms with E-state index in [2.05, 4.69) is 10.4 Å². The fourth-order valence-electron chi connectivity index (χ4n) is 3.16. The number of Topliss-reactive ketones (excluding diaryl/α,β-unsaturated/α-hetero) is 1. The van der Waals surface area contributed by atoms with Crippen LogP contribution in [0.1, 0.15) is 40.2 Å². The van der Waals surface area contributed by atoms with Crippen molar-refractivity contribution >= 4 is 17.6 Å². The highest BCUT2D eigenvalue weighted by Gasteiger charge is 2.45. The Morgan fingerprint density at radius 1 is 1.20 bits per heavy atom. The third kappa shape index (κ3) is 4.34. The van der Waals surface area contributed by atoms with Gasteiger partial charge in [0.25, 0.3) is 0 Å². The van der Waals surface area contributed by atoms with Gasteiger partial charge in [0.1, 0.15) is 5.82 Å². The number of esters is 1. The fraction of sp³-hybridized carbons (Fsp3) is 0.421. The number of rotatable bonds is 6. The number of fused-ring (bicyclic) bond motifs is 1. The summed E-state index contributed by atoms with van der Waals surface area (Å²) in [6, 6.07) is 3.32. The molecule has 0 amide bonds. The summed E-state index contributed by atoms with van der Waals surface area (Å²) in [5.41, 5.74) is -0.0989. The summed E-state index contributed by atoms with van der Waals surface area (Å²) in [6.07, 6.45) is -4.73. The maximum Gasteiger partial charge on any atom is 0.410 e. The summed E-state index contributed by atoms with van der Waals surface area (Å²) in [6.45, 7) is 0.998. The van der Waals surface area contributed by atoms with Crippen LogP contribution < -0.4 is 14.8 Å². The molecule has 1 N–H and O–H groups in total. The summed E-state index contributed by atoms with van der Waals surface area (Å²) in [5, 5.41) is 6.60. The molecule has 0 fully saturated rings. The van der Waals surface area contributed by atoms with Crippen LogP contribution in [0.3, 0.4) is 0 Å². The highest BCUT2D eigenvalue weighted by molar-refractivity contribution is 5.99. The molecule has 1 aromatic carbocycles. The summed E-state index contributed by atoms with van der Waals surface area (Å²) in [7, 11) is 2.86. The highest BCUT2D eigenvalue weighted by atomic mass is 19.4. The van der Waals surface area contributed by atoms with E-state index in [9.17, 15) is 22.8 Å². The normalized spacial score (nSPS) is 18.2. The maximum absolute atomic E-state index is 13.3. The minimum Gasteiger partial charge on any atom is -0.493 e. The van der Waals surface area contributed by atoms with E-state index >= 15 is 0 Å². The number of alkyl halides is 3. The van der Waals surface area contributed by atoms with Crippen LogP contribution in [0.2, 0.25) is 0 Å². The molecule has 2 aromatic rings. The molecule has 8 nitrogen and oxygen atoms in total. The summed E-state index contributed by atoms with van der Waals surface area (Å²) < 4.78 is 55.8. The number of aromatic nitrogens is 2. The average molecular weight is 427 g/mol. The van der Waals surface area contributed by atoms with E-state index in [0.717, 1.165) is 4.68 Å². The Balaban J connectivity index is 1.71. The molecular weight excluding hydrogens is 407 g/mol. The molecule has 30 heavy (non-hydrogen) atoms. The number of ether oxygens (including phenoxy) is 3. The Kier molecular flexibility index (Phi) is 5.90. The first-order valence-electron chi connectivity index (χ1n) is 8.99. The number of ketones is 1. The molecule has 0 aliphatic carbocycles. The van der Waals surface area contributed by atoms with Gasteiger partial charge in [-0.15, -0.1) is 0 Å². The topological polar surface area (TPSA) is 91.7 Å². The van der Waals surface area contributed by atoms with Crippen molar-refractivity contribution in [3.05, 3.63) is 35.5 Å². The zero-order valence-electron chi connectivity index (χ0n) is 16.4. The van der Waals surface area contributed by atoms with E-state index in [4.69, 9.17) is 14.2 Å². The Morgan fingerprint density at radius 3 is 2.53 bits per heavy atom. The van der Waals surface area contributed by atoms with Crippen LogP contribution in [0.25, 0.3) is 0 Å². The molecule has 2 unspecified atom stereocenters. The Hall–Kier alpha value is -3.24. The summed E-state index contributed by atoms with van der Waals surface area (Å²) >= 11 is 0. The minimum atomic E-state index is -4.51. The van der Waals surface area contributed by atoms with Gasteiger partial charge in [-0.25, -0.2) is 9.48 Å². The Morgan fingerprint density at radius 2 is 1.90 bits per heavy atom. The number of benzene rings is 1. The van der Waals surface area contributed by atoms with E-state index in [1.807, 2.05) is 0 Å². The fourth-order valence-corrected chi connectivity index (χ4v) is 3.16. The van der Waals surface area contributed by atoms with Gasteiger partial charge >= 0.3 is 12.1 Å². The molecule has 162 valence electrons. The zero-order valence-corrected chi connectivity index (χ0v) is 16.4. The Labute approximate surface area is 169 Å². The molecule has 0 saturated carbocycles. The van der Waals surface area contributed by atoms with Gasteiger partial charge in [-0.1, -0.05) is 0 Å². The third-order valence-electron chi connectivity index (χ3n) is 4.63. The van der Waals surface area contributed by atoms with Crippen molar-refractivity contribution in [1.82, 2.24) is 9.78 Å².